The van der Waals surface area contributed by atoms with Gasteiger partial charge < -0.3 is 10.2 Å². The number of halogens is 1. The molecule has 0 fully saturated rings. The first-order valence-electron chi connectivity index (χ1n) is 8.45. The number of fused-ring (bicyclic) bond motifs is 1. The van der Waals surface area contributed by atoms with Gasteiger partial charge in [0.25, 0.3) is 5.91 Å². The predicted molar refractivity (Wildman–Crippen MR) is 100 cm³/mol. The summed E-state index contributed by atoms with van der Waals surface area (Å²) in [4.78, 5) is 26.2. The molecule has 5 heteroatoms. The van der Waals surface area contributed by atoms with Gasteiger partial charge >= 0.3 is 0 Å². The molecule has 4 nitrogen and oxygen atoms in total. The van der Waals surface area contributed by atoms with E-state index < -0.39 is 0 Å². The molecule has 0 heterocycles. The van der Waals surface area contributed by atoms with Crippen LogP contribution in [0, 0.1) is 0 Å². The summed E-state index contributed by atoms with van der Waals surface area (Å²) in [7, 11) is 1.64. The van der Waals surface area contributed by atoms with Crippen LogP contribution in [0.4, 0.5) is 5.69 Å². The van der Waals surface area contributed by atoms with Crippen LogP contribution >= 0.6 is 11.6 Å². The maximum Gasteiger partial charge on any atom is 0.254 e. The quantitative estimate of drug-likeness (QED) is 0.902. The molecule has 0 aliphatic heterocycles. The van der Waals surface area contributed by atoms with Crippen molar-refractivity contribution >= 4 is 29.1 Å². The maximum atomic E-state index is 12.6. The molecule has 1 aliphatic carbocycles. The molecule has 3 rings (SSSR count). The van der Waals surface area contributed by atoms with E-state index in [9.17, 15) is 9.59 Å². The minimum absolute atomic E-state index is 0.00144. The van der Waals surface area contributed by atoms with Crippen molar-refractivity contribution in [3.05, 3.63) is 64.2 Å². The van der Waals surface area contributed by atoms with Crippen molar-refractivity contribution < 1.29 is 9.59 Å². The lowest BCUT2D eigenvalue weighted by Gasteiger charge is -2.20. The van der Waals surface area contributed by atoms with Crippen molar-refractivity contribution in [3.63, 3.8) is 0 Å². The van der Waals surface area contributed by atoms with Crippen LogP contribution in [0.2, 0.25) is 5.02 Å². The Kier molecular flexibility index (Phi) is 5.39. The van der Waals surface area contributed by atoms with Crippen molar-refractivity contribution in [2.75, 3.05) is 18.9 Å². The minimum Gasteiger partial charge on any atom is -0.332 e. The van der Waals surface area contributed by atoms with E-state index in [1.54, 1.807) is 31.3 Å². The Morgan fingerprint density at radius 3 is 2.44 bits per heavy atom. The summed E-state index contributed by atoms with van der Waals surface area (Å²) < 4.78 is 0. The fraction of sp³-hybridized carbons (Fsp3) is 0.300. The second kappa shape index (κ2) is 7.70. The van der Waals surface area contributed by atoms with Gasteiger partial charge in [-0.1, -0.05) is 17.7 Å². The van der Waals surface area contributed by atoms with Crippen LogP contribution < -0.4 is 5.32 Å². The van der Waals surface area contributed by atoms with E-state index in [-0.39, 0.29) is 18.4 Å². The third-order valence-corrected chi connectivity index (χ3v) is 4.70. The Bertz CT molecular complexity index is 787. The summed E-state index contributed by atoms with van der Waals surface area (Å²) >= 11 is 5.83. The highest BCUT2D eigenvalue weighted by molar-refractivity contribution is 6.30. The second-order valence-corrected chi connectivity index (χ2v) is 6.84. The smallest absolute Gasteiger partial charge is 0.254 e. The van der Waals surface area contributed by atoms with Crippen molar-refractivity contribution in [2.45, 2.75) is 25.7 Å². The SMILES string of the molecule is CN(CC(=O)Nc1ccc(Cl)cc1)C(=O)c1ccc2c(c1)CCCC2. The number of carbonyl (C=O) groups is 2. The number of rotatable bonds is 4. The van der Waals surface area contributed by atoms with Gasteiger partial charge in [-0.05, 0) is 73.2 Å². The average Bonchev–Trinajstić information content (AvgIpc) is 2.62. The lowest BCUT2D eigenvalue weighted by Crippen LogP contribution is -2.35. The molecular formula is C20H21ClN2O2. The molecule has 0 spiro atoms. The molecule has 1 N–H and O–H groups in total. The molecule has 0 aromatic heterocycles. The number of amides is 2. The number of benzene rings is 2. The number of aryl methyl sites for hydroxylation is 2. The lowest BCUT2D eigenvalue weighted by atomic mass is 9.90. The summed E-state index contributed by atoms with van der Waals surface area (Å²) in [6.45, 7) is -0.00144. The van der Waals surface area contributed by atoms with Gasteiger partial charge in [0, 0.05) is 23.3 Å². The fourth-order valence-corrected chi connectivity index (χ4v) is 3.23. The number of likely N-dealkylation sites (N-methyl/N-ethyl adjacent to an activating group) is 1. The first-order valence-corrected chi connectivity index (χ1v) is 8.83. The standard InChI is InChI=1S/C20H21ClN2O2/c1-23(13-19(24)22-18-10-8-17(21)9-11-18)20(25)16-7-6-14-4-2-3-5-15(14)12-16/h6-12H,2-5,13H2,1H3,(H,22,24). The number of carbonyl (C=O) groups excluding carboxylic acids is 2. The lowest BCUT2D eigenvalue weighted by molar-refractivity contribution is -0.116. The highest BCUT2D eigenvalue weighted by Crippen LogP contribution is 2.22. The zero-order valence-electron chi connectivity index (χ0n) is 14.2. The topological polar surface area (TPSA) is 49.4 Å². The van der Waals surface area contributed by atoms with Crippen LogP contribution in [0.5, 0.6) is 0 Å². The normalized spacial score (nSPS) is 13.0. The van der Waals surface area contributed by atoms with Crippen molar-refractivity contribution in [3.8, 4) is 0 Å². The van der Waals surface area contributed by atoms with Crippen molar-refractivity contribution in [1.29, 1.82) is 0 Å². The van der Waals surface area contributed by atoms with Crippen LogP contribution in [0.15, 0.2) is 42.5 Å². The van der Waals surface area contributed by atoms with Gasteiger partial charge in [0.05, 0.1) is 6.54 Å². The van der Waals surface area contributed by atoms with Gasteiger partial charge in [0.1, 0.15) is 0 Å². The minimum atomic E-state index is -0.240. The van der Waals surface area contributed by atoms with Gasteiger partial charge in [-0.3, -0.25) is 9.59 Å². The van der Waals surface area contributed by atoms with E-state index in [1.807, 2.05) is 18.2 Å². The molecule has 2 amide bonds. The Labute approximate surface area is 152 Å². The van der Waals surface area contributed by atoms with Gasteiger partial charge in [0.2, 0.25) is 5.91 Å². The molecular weight excluding hydrogens is 336 g/mol. The predicted octanol–water partition coefficient (Wildman–Crippen LogP) is 3.93. The van der Waals surface area contributed by atoms with Crippen LogP contribution in [-0.4, -0.2) is 30.3 Å². The monoisotopic (exact) mass is 356 g/mol. The van der Waals surface area contributed by atoms with Gasteiger partial charge in [-0.2, -0.15) is 0 Å². The molecule has 0 atom stereocenters. The first kappa shape index (κ1) is 17.5. The zero-order chi connectivity index (χ0) is 17.8. The molecule has 130 valence electrons. The molecule has 0 bridgehead atoms. The zero-order valence-corrected chi connectivity index (χ0v) is 15.0. The average molecular weight is 357 g/mol. The second-order valence-electron chi connectivity index (χ2n) is 6.41. The Hall–Kier alpha value is -2.33. The summed E-state index contributed by atoms with van der Waals surface area (Å²) in [6, 6.07) is 12.8. The Morgan fingerprint density at radius 1 is 1.04 bits per heavy atom. The van der Waals surface area contributed by atoms with Crippen LogP contribution in [0.3, 0.4) is 0 Å². The first-order chi connectivity index (χ1) is 12.0. The molecule has 0 saturated carbocycles. The number of hydrogen-bond acceptors (Lipinski definition) is 2. The van der Waals surface area contributed by atoms with Gasteiger partial charge in [0.15, 0.2) is 0 Å². The van der Waals surface area contributed by atoms with E-state index >= 15 is 0 Å². The molecule has 2 aromatic rings. The number of anilines is 1. The van der Waals surface area contributed by atoms with Gasteiger partial charge in [-0.25, -0.2) is 0 Å². The van der Waals surface area contributed by atoms with E-state index in [4.69, 9.17) is 11.6 Å². The van der Waals surface area contributed by atoms with E-state index in [0.717, 1.165) is 12.8 Å². The van der Waals surface area contributed by atoms with E-state index in [1.165, 1.54) is 28.9 Å². The molecule has 0 unspecified atom stereocenters. The molecule has 0 radical (unpaired) electrons. The van der Waals surface area contributed by atoms with E-state index in [0.29, 0.717) is 16.3 Å². The fourth-order valence-electron chi connectivity index (χ4n) is 3.11. The Morgan fingerprint density at radius 2 is 1.72 bits per heavy atom. The number of nitrogens with zero attached hydrogens (tertiary/aromatic N) is 1. The van der Waals surface area contributed by atoms with Gasteiger partial charge in [-0.15, -0.1) is 0 Å². The van der Waals surface area contributed by atoms with Crippen molar-refractivity contribution in [2.24, 2.45) is 0 Å². The van der Waals surface area contributed by atoms with E-state index in [2.05, 4.69) is 5.32 Å². The summed E-state index contributed by atoms with van der Waals surface area (Å²) in [6.07, 6.45) is 4.50. The van der Waals surface area contributed by atoms with Crippen molar-refractivity contribution in [1.82, 2.24) is 4.90 Å². The molecule has 1 aliphatic rings. The van der Waals surface area contributed by atoms with Crippen LogP contribution in [-0.2, 0) is 17.6 Å². The highest BCUT2D eigenvalue weighted by atomic mass is 35.5. The highest BCUT2D eigenvalue weighted by Gasteiger charge is 2.17. The number of nitrogens with one attached hydrogen (secondary N) is 1. The molecule has 0 saturated heterocycles. The molecule has 2 aromatic carbocycles. The Balaban J connectivity index is 1.62. The third kappa shape index (κ3) is 4.40. The van der Waals surface area contributed by atoms with Crippen LogP contribution in [0.25, 0.3) is 0 Å². The number of hydrogen-bond donors (Lipinski definition) is 1. The largest absolute Gasteiger partial charge is 0.332 e. The summed E-state index contributed by atoms with van der Waals surface area (Å²) in [5.74, 6) is -0.379. The summed E-state index contributed by atoms with van der Waals surface area (Å²) in [5, 5.41) is 3.37. The maximum absolute atomic E-state index is 12.6. The third-order valence-electron chi connectivity index (χ3n) is 4.45. The summed E-state index contributed by atoms with van der Waals surface area (Å²) in [5.41, 5.74) is 3.90. The van der Waals surface area contributed by atoms with Crippen LogP contribution in [0.1, 0.15) is 34.3 Å². The molecule has 25 heavy (non-hydrogen) atoms.